The molecule has 2 aromatic rings. The van der Waals surface area contributed by atoms with Crippen LogP contribution in [0.4, 0.5) is 0 Å². The van der Waals surface area contributed by atoms with E-state index >= 15 is 0 Å². The van der Waals surface area contributed by atoms with Gasteiger partial charge < -0.3 is 14.5 Å². The van der Waals surface area contributed by atoms with Crippen LogP contribution in [0, 0.1) is 0 Å². The number of likely N-dealkylation sites (tertiary alicyclic amines) is 2. The summed E-state index contributed by atoms with van der Waals surface area (Å²) in [6, 6.07) is 1.79. The molecule has 8 nitrogen and oxygen atoms in total. The number of imidazole rings is 1. The highest BCUT2D eigenvalue weighted by Gasteiger charge is 2.53. The number of amides is 2. The van der Waals surface area contributed by atoms with Crippen LogP contribution >= 0.6 is 0 Å². The van der Waals surface area contributed by atoms with Crippen molar-refractivity contribution in [2.75, 3.05) is 33.4 Å². The van der Waals surface area contributed by atoms with Crippen LogP contribution in [0.3, 0.4) is 0 Å². The highest BCUT2D eigenvalue weighted by atomic mass is 16.5. The predicted octanol–water partition coefficient (Wildman–Crippen LogP) is 0.973. The van der Waals surface area contributed by atoms with E-state index in [4.69, 9.17) is 4.74 Å². The summed E-state index contributed by atoms with van der Waals surface area (Å²) in [4.78, 5) is 38.5. The molecule has 0 bridgehead atoms. The second kappa shape index (κ2) is 6.68. The van der Waals surface area contributed by atoms with E-state index < -0.39 is 5.54 Å². The molecular formula is C18H23N5O3. The van der Waals surface area contributed by atoms with E-state index in [1.54, 1.807) is 34.9 Å². The number of carbonyl (C=O) groups excluding carboxylic acids is 2. The monoisotopic (exact) mass is 357 g/mol. The molecule has 0 radical (unpaired) electrons. The van der Waals surface area contributed by atoms with E-state index in [2.05, 4.69) is 9.97 Å². The summed E-state index contributed by atoms with van der Waals surface area (Å²) in [5.41, 5.74) is -0.390. The first kappa shape index (κ1) is 17.0. The molecule has 0 saturated carbocycles. The summed E-state index contributed by atoms with van der Waals surface area (Å²) in [7, 11) is 1.63. The Bertz CT molecular complexity index is 802. The number of hydrogen-bond acceptors (Lipinski definition) is 5. The van der Waals surface area contributed by atoms with Gasteiger partial charge in [0.2, 0.25) is 11.7 Å². The minimum absolute atomic E-state index is 0.0496. The van der Waals surface area contributed by atoms with E-state index in [0.29, 0.717) is 44.0 Å². The topological polar surface area (TPSA) is 80.0 Å². The SMILES string of the molecule is COCCN1CCCC2(CCCN2C(=O)c2cn3cccnc3n2)C1=O. The van der Waals surface area contributed by atoms with Crippen LogP contribution in [0.15, 0.2) is 24.7 Å². The van der Waals surface area contributed by atoms with Gasteiger partial charge in [-0.2, -0.15) is 0 Å². The quantitative estimate of drug-likeness (QED) is 0.815. The first-order chi connectivity index (χ1) is 12.7. The molecule has 0 aliphatic carbocycles. The minimum Gasteiger partial charge on any atom is -0.383 e. The van der Waals surface area contributed by atoms with Crippen LogP contribution in [0.25, 0.3) is 5.78 Å². The van der Waals surface area contributed by atoms with Gasteiger partial charge in [0.1, 0.15) is 11.2 Å². The summed E-state index contributed by atoms with van der Waals surface area (Å²) < 4.78 is 6.85. The number of methoxy groups -OCH3 is 1. The van der Waals surface area contributed by atoms with E-state index in [1.807, 2.05) is 11.1 Å². The van der Waals surface area contributed by atoms with Crippen molar-refractivity contribution in [2.45, 2.75) is 31.2 Å². The first-order valence-electron chi connectivity index (χ1n) is 9.06. The van der Waals surface area contributed by atoms with Crippen molar-refractivity contribution in [1.29, 1.82) is 0 Å². The Balaban J connectivity index is 1.62. The highest BCUT2D eigenvalue weighted by molar-refractivity contribution is 5.99. The highest BCUT2D eigenvalue weighted by Crippen LogP contribution is 2.39. The number of hydrogen-bond donors (Lipinski definition) is 0. The average Bonchev–Trinajstić information content (AvgIpc) is 3.27. The van der Waals surface area contributed by atoms with Gasteiger partial charge in [0, 0.05) is 45.3 Å². The number of carbonyl (C=O) groups is 2. The summed E-state index contributed by atoms with van der Waals surface area (Å²) in [5.74, 6) is 0.351. The van der Waals surface area contributed by atoms with Crippen molar-refractivity contribution in [2.24, 2.45) is 0 Å². The van der Waals surface area contributed by atoms with Crippen LogP contribution in [0.5, 0.6) is 0 Å². The summed E-state index contributed by atoms with van der Waals surface area (Å²) in [6.45, 7) is 2.39. The zero-order chi connectivity index (χ0) is 18.1. The fourth-order valence-electron chi connectivity index (χ4n) is 4.21. The van der Waals surface area contributed by atoms with Gasteiger partial charge >= 0.3 is 0 Å². The molecule has 2 amide bonds. The molecule has 1 spiro atoms. The number of aromatic nitrogens is 3. The Morgan fingerprint density at radius 1 is 1.31 bits per heavy atom. The van der Waals surface area contributed by atoms with Crippen molar-refractivity contribution < 1.29 is 14.3 Å². The summed E-state index contributed by atoms with van der Waals surface area (Å²) >= 11 is 0. The van der Waals surface area contributed by atoms with Gasteiger partial charge in [-0.15, -0.1) is 0 Å². The normalized spacial score (nSPS) is 23.3. The molecule has 26 heavy (non-hydrogen) atoms. The second-order valence-electron chi connectivity index (χ2n) is 6.93. The van der Waals surface area contributed by atoms with E-state index in [1.165, 1.54) is 0 Å². The summed E-state index contributed by atoms with van der Waals surface area (Å²) in [5, 5.41) is 0. The molecule has 4 rings (SSSR count). The third kappa shape index (κ3) is 2.65. The molecule has 1 unspecified atom stereocenters. The molecule has 2 aliphatic rings. The number of piperidine rings is 1. The van der Waals surface area contributed by atoms with Crippen molar-refractivity contribution in [3.63, 3.8) is 0 Å². The molecule has 2 fully saturated rings. The van der Waals surface area contributed by atoms with Gasteiger partial charge in [-0.25, -0.2) is 9.97 Å². The molecule has 4 heterocycles. The summed E-state index contributed by atoms with van der Waals surface area (Å²) in [6.07, 6.45) is 8.30. The Morgan fingerprint density at radius 3 is 2.88 bits per heavy atom. The lowest BCUT2D eigenvalue weighted by Gasteiger charge is -2.44. The van der Waals surface area contributed by atoms with E-state index in [-0.39, 0.29) is 11.8 Å². The molecule has 2 aliphatic heterocycles. The molecule has 138 valence electrons. The molecular weight excluding hydrogens is 334 g/mol. The van der Waals surface area contributed by atoms with Crippen LogP contribution in [-0.4, -0.2) is 74.9 Å². The van der Waals surface area contributed by atoms with Crippen molar-refractivity contribution in [3.05, 3.63) is 30.4 Å². The van der Waals surface area contributed by atoms with Gasteiger partial charge in [-0.1, -0.05) is 0 Å². The van der Waals surface area contributed by atoms with Crippen molar-refractivity contribution in [3.8, 4) is 0 Å². The van der Waals surface area contributed by atoms with Crippen molar-refractivity contribution in [1.82, 2.24) is 24.2 Å². The third-order valence-electron chi connectivity index (χ3n) is 5.46. The number of ether oxygens (including phenoxy) is 1. The third-order valence-corrected chi connectivity index (χ3v) is 5.46. The Hall–Kier alpha value is -2.48. The zero-order valence-corrected chi connectivity index (χ0v) is 14.9. The maximum atomic E-state index is 13.2. The van der Waals surface area contributed by atoms with Gasteiger partial charge in [0.05, 0.1) is 6.61 Å². The molecule has 0 aromatic carbocycles. The number of rotatable bonds is 4. The average molecular weight is 357 g/mol. The van der Waals surface area contributed by atoms with E-state index in [0.717, 1.165) is 19.4 Å². The van der Waals surface area contributed by atoms with E-state index in [9.17, 15) is 9.59 Å². The largest absolute Gasteiger partial charge is 0.383 e. The smallest absolute Gasteiger partial charge is 0.275 e. The van der Waals surface area contributed by atoms with Gasteiger partial charge in [-0.05, 0) is 31.7 Å². The lowest BCUT2D eigenvalue weighted by molar-refractivity contribution is -0.146. The Kier molecular flexibility index (Phi) is 4.36. The van der Waals surface area contributed by atoms with Gasteiger partial charge in [0.15, 0.2) is 0 Å². The van der Waals surface area contributed by atoms with Crippen LogP contribution in [0.2, 0.25) is 0 Å². The molecule has 1 atom stereocenters. The van der Waals surface area contributed by atoms with Gasteiger partial charge in [-0.3, -0.25) is 14.0 Å². The number of fused-ring (bicyclic) bond motifs is 1. The zero-order valence-electron chi connectivity index (χ0n) is 14.9. The van der Waals surface area contributed by atoms with Gasteiger partial charge in [0.25, 0.3) is 5.91 Å². The standard InChI is InChI=1S/C18H23N5O3/c1-26-12-11-21-8-2-5-18(16(21)25)6-3-10-23(18)15(24)14-13-22-9-4-7-19-17(22)20-14/h4,7,9,13H,2-3,5-6,8,10-12H2,1H3. The fourth-order valence-corrected chi connectivity index (χ4v) is 4.21. The Labute approximate surface area is 151 Å². The fraction of sp³-hybridized carbons (Fsp3) is 0.556. The lowest BCUT2D eigenvalue weighted by Crippen LogP contribution is -2.61. The molecule has 0 N–H and O–H groups in total. The Morgan fingerprint density at radius 2 is 2.12 bits per heavy atom. The lowest BCUT2D eigenvalue weighted by atomic mass is 9.85. The van der Waals surface area contributed by atoms with Crippen LogP contribution in [-0.2, 0) is 9.53 Å². The molecule has 8 heteroatoms. The maximum absolute atomic E-state index is 13.2. The second-order valence-corrected chi connectivity index (χ2v) is 6.93. The van der Waals surface area contributed by atoms with Crippen LogP contribution < -0.4 is 0 Å². The first-order valence-corrected chi connectivity index (χ1v) is 9.06. The molecule has 2 saturated heterocycles. The maximum Gasteiger partial charge on any atom is 0.275 e. The predicted molar refractivity (Wildman–Crippen MR) is 93.7 cm³/mol. The molecule has 2 aromatic heterocycles. The minimum atomic E-state index is -0.730. The van der Waals surface area contributed by atoms with Crippen molar-refractivity contribution >= 4 is 17.6 Å². The van der Waals surface area contributed by atoms with Crippen LogP contribution in [0.1, 0.15) is 36.2 Å². The number of nitrogens with zero attached hydrogens (tertiary/aromatic N) is 5.